The molecular formula is C23H26ClN5O. The quantitative estimate of drug-likeness (QED) is 0.634. The number of hydrogen-bond donors (Lipinski definition) is 0. The Balaban J connectivity index is 1.48. The van der Waals surface area contributed by atoms with Crippen LogP contribution >= 0.6 is 11.6 Å². The second-order valence-electron chi connectivity index (χ2n) is 8.58. The third-order valence-corrected chi connectivity index (χ3v) is 5.85. The van der Waals surface area contributed by atoms with Crippen LogP contribution in [-0.4, -0.2) is 51.8 Å². The van der Waals surface area contributed by atoms with Crippen molar-refractivity contribution in [3.05, 3.63) is 71.3 Å². The summed E-state index contributed by atoms with van der Waals surface area (Å²) in [4.78, 5) is 17.1. The first-order valence-electron chi connectivity index (χ1n) is 10.1. The van der Waals surface area contributed by atoms with Crippen molar-refractivity contribution < 1.29 is 4.79 Å². The molecule has 7 heteroatoms. The van der Waals surface area contributed by atoms with E-state index in [2.05, 4.69) is 48.0 Å². The van der Waals surface area contributed by atoms with Crippen molar-refractivity contribution in [1.82, 2.24) is 19.7 Å². The Hall–Kier alpha value is -2.86. The van der Waals surface area contributed by atoms with Crippen LogP contribution in [0.15, 0.2) is 55.1 Å². The predicted octanol–water partition coefficient (Wildman–Crippen LogP) is 4.18. The number of rotatable bonds is 3. The lowest BCUT2D eigenvalue weighted by atomic mass is 9.86. The van der Waals surface area contributed by atoms with E-state index in [0.717, 1.165) is 16.9 Å². The van der Waals surface area contributed by atoms with Crippen LogP contribution < -0.4 is 4.90 Å². The number of anilines is 1. The van der Waals surface area contributed by atoms with Crippen LogP contribution in [0.1, 0.15) is 36.7 Å². The molecule has 2 aromatic carbocycles. The van der Waals surface area contributed by atoms with Crippen LogP contribution in [0.25, 0.3) is 5.69 Å². The van der Waals surface area contributed by atoms with E-state index in [0.29, 0.717) is 31.2 Å². The average Bonchev–Trinajstić information content (AvgIpc) is 3.27. The molecule has 0 N–H and O–H groups in total. The molecule has 30 heavy (non-hydrogen) atoms. The highest BCUT2D eigenvalue weighted by Crippen LogP contribution is 2.33. The number of hydrogen-bond acceptors (Lipinski definition) is 4. The van der Waals surface area contributed by atoms with Gasteiger partial charge >= 0.3 is 0 Å². The van der Waals surface area contributed by atoms with Gasteiger partial charge in [-0.1, -0.05) is 50.6 Å². The topological polar surface area (TPSA) is 54.3 Å². The molecule has 0 aliphatic carbocycles. The maximum absolute atomic E-state index is 13.0. The van der Waals surface area contributed by atoms with E-state index in [1.807, 2.05) is 39.8 Å². The fourth-order valence-electron chi connectivity index (χ4n) is 3.78. The van der Waals surface area contributed by atoms with Crippen molar-refractivity contribution in [3.8, 4) is 5.69 Å². The van der Waals surface area contributed by atoms with Gasteiger partial charge in [0.1, 0.15) is 12.7 Å². The molecule has 1 aliphatic heterocycles. The normalized spacial score (nSPS) is 14.8. The van der Waals surface area contributed by atoms with E-state index < -0.39 is 0 Å². The van der Waals surface area contributed by atoms with Gasteiger partial charge in [-0.25, -0.2) is 0 Å². The summed E-state index contributed by atoms with van der Waals surface area (Å²) in [6.07, 6.45) is 3.33. The summed E-state index contributed by atoms with van der Waals surface area (Å²) in [5, 5.41) is 8.49. The van der Waals surface area contributed by atoms with Crippen LogP contribution in [0, 0.1) is 0 Å². The number of halogens is 1. The Labute approximate surface area is 182 Å². The van der Waals surface area contributed by atoms with Gasteiger partial charge in [-0.3, -0.25) is 9.36 Å². The van der Waals surface area contributed by atoms with E-state index in [-0.39, 0.29) is 11.3 Å². The summed E-state index contributed by atoms with van der Waals surface area (Å²) >= 11 is 6.55. The van der Waals surface area contributed by atoms with Gasteiger partial charge in [0.05, 0.1) is 16.4 Å². The average molecular weight is 424 g/mol. The molecule has 2 heterocycles. The molecule has 1 saturated heterocycles. The molecule has 4 rings (SSSR count). The first-order chi connectivity index (χ1) is 14.3. The Morgan fingerprint density at radius 2 is 1.57 bits per heavy atom. The molecule has 6 nitrogen and oxygen atoms in total. The smallest absolute Gasteiger partial charge is 0.253 e. The molecule has 3 aromatic rings. The summed E-state index contributed by atoms with van der Waals surface area (Å²) in [5.74, 6) is 0.0771. The van der Waals surface area contributed by atoms with Gasteiger partial charge < -0.3 is 9.80 Å². The number of nitrogens with zero attached hydrogens (tertiary/aromatic N) is 5. The second-order valence-corrected chi connectivity index (χ2v) is 8.99. The lowest BCUT2D eigenvalue weighted by Crippen LogP contribution is -2.49. The molecule has 1 fully saturated rings. The number of benzene rings is 2. The molecule has 0 atom stereocenters. The van der Waals surface area contributed by atoms with Gasteiger partial charge in [0, 0.05) is 31.7 Å². The summed E-state index contributed by atoms with van der Waals surface area (Å²) < 4.78 is 1.86. The zero-order valence-electron chi connectivity index (χ0n) is 17.5. The van der Waals surface area contributed by atoms with Crippen LogP contribution in [-0.2, 0) is 5.41 Å². The highest BCUT2D eigenvalue weighted by Gasteiger charge is 2.25. The van der Waals surface area contributed by atoms with Crippen LogP contribution in [0.2, 0.25) is 5.02 Å². The minimum atomic E-state index is 0.0740. The predicted molar refractivity (Wildman–Crippen MR) is 120 cm³/mol. The molecule has 156 valence electrons. The lowest BCUT2D eigenvalue weighted by molar-refractivity contribution is 0.0747. The van der Waals surface area contributed by atoms with Crippen molar-refractivity contribution in [1.29, 1.82) is 0 Å². The number of carbonyl (C=O) groups is 1. The first-order valence-corrected chi connectivity index (χ1v) is 10.5. The maximum atomic E-state index is 13.0. The minimum Gasteiger partial charge on any atom is -0.365 e. The van der Waals surface area contributed by atoms with Crippen LogP contribution in [0.4, 0.5) is 5.69 Å². The fourth-order valence-corrected chi connectivity index (χ4v) is 4.07. The number of piperazine rings is 1. The fraction of sp³-hybridized carbons (Fsp3) is 0.348. The highest BCUT2D eigenvalue weighted by molar-refractivity contribution is 6.33. The zero-order chi connectivity index (χ0) is 21.3. The standard InChI is InChI=1S/C23H26ClN5O/c1-23(2,3)18-9-7-17(8-10-18)22(30)28-13-11-27(12-14-28)21-19(24)5-4-6-20(21)29-15-25-26-16-29/h4-10,15-16H,11-14H2,1-3H3. The SMILES string of the molecule is CC(C)(C)c1ccc(C(=O)N2CCN(c3c(Cl)cccc3-n3cnnc3)CC2)cc1. The maximum Gasteiger partial charge on any atom is 0.253 e. The van der Waals surface area contributed by atoms with Crippen LogP contribution in [0.5, 0.6) is 0 Å². The number of aromatic nitrogens is 3. The summed E-state index contributed by atoms with van der Waals surface area (Å²) in [7, 11) is 0. The third-order valence-electron chi connectivity index (χ3n) is 5.54. The number of para-hydroxylation sites is 1. The monoisotopic (exact) mass is 423 g/mol. The van der Waals surface area contributed by atoms with E-state index in [9.17, 15) is 4.79 Å². The van der Waals surface area contributed by atoms with Gasteiger partial charge in [0.2, 0.25) is 0 Å². The molecule has 0 bridgehead atoms. The Morgan fingerprint density at radius 3 is 2.17 bits per heavy atom. The van der Waals surface area contributed by atoms with E-state index in [1.54, 1.807) is 12.7 Å². The molecule has 1 aliphatic rings. The lowest BCUT2D eigenvalue weighted by Gasteiger charge is -2.37. The highest BCUT2D eigenvalue weighted by atomic mass is 35.5. The van der Waals surface area contributed by atoms with Crippen molar-refractivity contribution >= 4 is 23.2 Å². The zero-order valence-corrected chi connectivity index (χ0v) is 18.3. The van der Waals surface area contributed by atoms with Gasteiger partial charge in [0.25, 0.3) is 5.91 Å². The largest absolute Gasteiger partial charge is 0.365 e. The molecule has 1 aromatic heterocycles. The van der Waals surface area contributed by atoms with Crippen molar-refractivity contribution in [3.63, 3.8) is 0 Å². The molecule has 0 saturated carbocycles. The third kappa shape index (κ3) is 4.05. The van der Waals surface area contributed by atoms with Gasteiger partial charge in [-0.15, -0.1) is 10.2 Å². The number of amides is 1. The summed E-state index contributed by atoms with van der Waals surface area (Å²) in [5.41, 5.74) is 3.92. The Kier molecular flexibility index (Phi) is 5.52. The van der Waals surface area contributed by atoms with Gasteiger partial charge in [0.15, 0.2) is 0 Å². The van der Waals surface area contributed by atoms with Crippen molar-refractivity contribution in [2.75, 3.05) is 31.1 Å². The molecular weight excluding hydrogens is 398 g/mol. The molecule has 1 amide bonds. The first kappa shape index (κ1) is 20.4. The van der Waals surface area contributed by atoms with Crippen LogP contribution in [0.3, 0.4) is 0 Å². The minimum absolute atomic E-state index is 0.0740. The number of carbonyl (C=O) groups excluding carboxylic acids is 1. The van der Waals surface area contributed by atoms with Gasteiger partial charge in [-0.2, -0.15) is 0 Å². The molecule has 0 unspecified atom stereocenters. The van der Waals surface area contributed by atoms with E-state index in [1.165, 1.54) is 5.56 Å². The van der Waals surface area contributed by atoms with Gasteiger partial charge in [-0.05, 0) is 35.2 Å². The Bertz CT molecular complexity index is 1020. The van der Waals surface area contributed by atoms with E-state index >= 15 is 0 Å². The van der Waals surface area contributed by atoms with Crippen molar-refractivity contribution in [2.45, 2.75) is 26.2 Å². The summed E-state index contributed by atoms with van der Waals surface area (Å²) in [6.45, 7) is 9.23. The molecule has 0 spiro atoms. The Morgan fingerprint density at radius 1 is 0.933 bits per heavy atom. The second kappa shape index (κ2) is 8.11. The molecule has 0 radical (unpaired) electrons. The summed E-state index contributed by atoms with van der Waals surface area (Å²) in [6, 6.07) is 13.8. The van der Waals surface area contributed by atoms with Crippen molar-refractivity contribution in [2.24, 2.45) is 0 Å². The van der Waals surface area contributed by atoms with E-state index in [4.69, 9.17) is 11.6 Å².